The Labute approximate surface area is 156 Å². The summed E-state index contributed by atoms with van der Waals surface area (Å²) in [5.74, 6) is 0.00920. The fourth-order valence-corrected chi connectivity index (χ4v) is 3.08. The number of amides is 2. The van der Waals surface area contributed by atoms with Crippen LogP contribution in [-0.2, 0) is 4.79 Å². The van der Waals surface area contributed by atoms with Gasteiger partial charge >= 0.3 is 0 Å². The van der Waals surface area contributed by atoms with Crippen LogP contribution in [0, 0.1) is 0 Å². The van der Waals surface area contributed by atoms with Crippen LogP contribution in [0.1, 0.15) is 10.5 Å². The number of H-pyrrole nitrogens is 1. The van der Waals surface area contributed by atoms with E-state index in [9.17, 15) is 14.7 Å². The van der Waals surface area contributed by atoms with E-state index in [1.54, 1.807) is 12.0 Å². The number of aliphatic hydroxyl groups excluding tert-OH is 1. The molecule has 144 valence electrons. The van der Waals surface area contributed by atoms with Crippen molar-refractivity contribution in [3.63, 3.8) is 0 Å². The summed E-state index contributed by atoms with van der Waals surface area (Å²) in [5, 5.41) is 12.1. The second-order valence-electron chi connectivity index (χ2n) is 6.16. The Morgan fingerprint density at radius 2 is 2.04 bits per heavy atom. The molecule has 1 fully saturated rings. The lowest BCUT2D eigenvalue weighted by Crippen LogP contribution is -2.56. The summed E-state index contributed by atoms with van der Waals surface area (Å²) < 4.78 is 5.40. The first-order valence-electron chi connectivity index (χ1n) is 8.71. The second-order valence-corrected chi connectivity index (χ2v) is 6.16. The Balaban J connectivity index is 1.59. The number of piperazine rings is 1. The number of aromatic amines is 1. The van der Waals surface area contributed by atoms with E-state index in [0.717, 1.165) is 11.4 Å². The van der Waals surface area contributed by atoms with Gasteiger partial charge in [-0.2, -0.15) is 0 Å². The number of aromatic nitrogens is 2. The van der Waals surface area contributed by atoms with Crippen molar-refractivity contribution in [1.29, 1.82) is 0 Å². The molecule has 3 rings (SSSR count). The van der Waals surface area contributed by atoms with Gasteiger partial charge in [-0.1, -0.05) is 12.1 Å². The van der Waals surface area contributed by atoms with Crippen LogP contribution in [0.5, 0.6) is 5.75 Å². The van der Waals surface area contributed by atoms with Gasteiger partial charge in [0.15, 0.2) is 0 Å². The van der Waals surface area contributed by atoms with Crippen LogP contribution >= 0.6 is 0 Å². The van der Waals surface area contributed by atoms with Crippen LogP contribution in [0.15, 0.2) is 36.8 Å². The Morgan fingerprint density at radius 1 is 1.30 bits per heavy atom. The predicted octanol–water partition coefficient (Wildman–Crippen LogP) is -0.142. The maximum absolute atomic E-state index is 12.7. The average molecular weight is 373 g/mol. The molecule has 1 saturated heterocycles. The van der Waals surface area contributed by atoms with Gasteiger partial charge in [0.25, 0.3) is 5.91 Å². The highest BCUT2D eigenvalue weighted by atomic mass is 16.5. The largest absolute Gasteiger partial charge is 0.495 e. The minimum Gasteiger partial charge on any atom is -0.495 e. The number of nitrogens with one attached hydrogen (secondary N) is 2. The van der Waals surface area contributed by atoms with Crippen molar-refractivity contribution < 1.29 is 19.4 Å². The summed E-state index contributed by atoms with van der Waals surface area (Å²) in [6.45, 7) is 1.80. The highest BCUT2D eigenvalue weighted by molar-refractivity contribution is 5.96. The van der Waals surface area contributed by atoms with Gasteiger partial charge in [-0.15, -0.1) is 0 Å². The zero-order valence-electron chi connectivity index (χ0n) is 15.1. The quantitative estimate of drug-likeness (QED) is 0.650. The maximum atomic E-state index is 12.7. The van der Waals surface area contributed by atoms with Gasteiger partial charge in [-0.3, -0.25) is 9.59 Å². The molecule has 1 atom stereocenters. The molecule has 1 aromatic carbocycles. The van der Waals surface area contributed by atoms with Crippen LogP contribution in [0.2, 0.25) is 0 Å². The average Bonchev–Trinajstić information content (AvgIpc) is 3.26. The van der Waals surface area contributed by atoms with Gasteiger partial charge in [-0.05, 0) is 12.1 Å². The normalized spacial score (nSPS) is 15.3. The monoisotopic (exact) mass is 373 g/mol. The van der Waals surface area contributed by atoms with Gasteiger partial charge in [0.05, 0.1) is 31.9 Å². The van der Waals surface area contributed by atoms with Crippen molar-refractivity contribution in [3.8, 4) is 5.75 Å². The molecule has 0 saturated carbocycles. The fourth-order valence-electron chi connectivity index (χ4n) is 3.08. The van der Waals surface area contributed by atoms with E-state index in [4.69, 9.17) is 4.74 Å². The molecule has 1 aromatic heterocycles. The smallest absolute Gasteiger partial charge is 0.270 e. The minimum atomic E-state index is -0.987. The van der Waals surface area contributed by atoms with Gasteiger partial charge in [0.1, 0.15) is 17.5 Å². The molecule has 3 N–H and O–H groups in total. The van der Waals surface area contributed by atoms with E-state index < -0.39 is 18.6 Å². The molecule has 0 spiro atoms. The Hall–Kier alpha value is -3.07. The molecule has 2 aromatic rings. The number of aliphatic hydroxyl groups is 1. The lowest BCUT2D eigenvalue weighted by atomic mass is 10.2. The van der Waals surface area contributed by atoms with Crippen molar-refractivity contribution in [1.82, 2.24) is 20.2 Å². The second kappa shape index (κ2) is 8.54. The van der Waals surface area contributed by atoms with Gasteiger partial charge in [0.2, 0.25) is 5.91 Å². The zero-order chi connectivity index (χ0) is 19.2. The van der Waals surface area contributed by atoms with Crippen molar-refractivity contribution in [2.24, 2.45) is 0 Å². The van der Waals surface area contributed by atoms with Gasteiger partial charge in [0, 0.05) is 26.2 Å². The first-order valence-corrected chi connectivity index (χ1v) is 8.71. The Kier molecular flexibility index (Phi) is 5.92. The number of imidazole rings is 1. The van der Waals surface area contributed by atoms with Crippen LogP contribution in [-0.4, -0.2) is 77.7 Å². The van der Waals surface area contributed by atoms with Gasteiger partial charge < -0.3 is 29.9 Å². The molecule has 9 heteroatoms. The molecule has 0 bridgehead atoms. The summed E-state index contributed by atoms with van der Waals surface area (Å²) in [6.07, 6.45) is 2.74. The van der Waals surface area contributed by atoms with Crippen molar-refractivity contribution in [3.05, 3.63) is 42.5 Å². The number of benzene rings is 1. The Bertz CT molecular complexity index is 772. The summed E-state index contributed by atoms with van der Waals surface area (Å²) in [5.41, 5.74) is 1.22. The first-order chi connectivity index (χ1) is 13.1. The van der Waals surface area contributed by atoms with Crippen LogP contribution < -0.4 is 15.0 Å². The van der Waals surface area contributed by atoms with Crippen LogP contribution in [0.25, 0.3) is 0 Å². The number of methoxy groups -OCH3 is 1. The van der Waals surface area contributed by atoms with E-state index in [0.29, 0.717) is 26.2 Å². The molecule has 2 heterocycles. The number of anilines is 1. The molecule has 27 heavy (non-hydrogen) atoms. The predicted molar refractivity (Wildman–Crippen MR) is 98.7 cm³/mol. The Morgan fingerprint density at radius 3 is 2.67 bits per heavy atom. The molecular formula is C18H23N5O4. The van der Waals surface area contributed by atoms with E-state index >= 15 is 0 Å². The summed E-state index contributed by atoms with van der Waals surface area (Å²) in [7, 11) is 1.63. The molecule has 1 unspecified atom stereocenters. The summed E-state index contributed by atoms with van der Waals surface area (Å²) >= 11 is 0. The number of ether oxygens (including phenoxy) is 1. The zero-order valence-corrected chi connectivity index (χ0v) is 15.1. The molecule has 0 aliphatic carbocycles. The van der Waals surface area contributed by atoms with Crippen LogP contribution in [0.3, 0.4) is 0 Å². The standard InChI is InChI=1S/C18H23N5O4/c1-27-16-5-3-2-4-15(16)22-6-8-23(9-7-22)18(26)14(11-24)21-17(25)13-10-19-12-20-13/h2-5,10,12,14,24H,6-9,11H2,1H3,(H,19,20)(H,21,25). The number of carbonyl (C=O) groups is 2. The van der Waals surface area contributed by atoms with Crippen molar-refractivity contribution in [2.75, 3.05) is 44.8 Å². The van der Waals surface area contributed by atoms with E-state index in [1.807, 2.05) is 24.3 Å². The SMILES string of the molecule is COc1ccccc1N1CCN(C(=O)C(CO)NC(=O)c2cnc[nH]2)CC1. The summed E-state index contributed by atoms with van der Waals surface area (Å²) in [6, 6.07) is 6.76. The number of nitrogens with zero attached hydrogens (tertiary/aromatic N) is 3. The number of para-hydroxylation sites is 2. The number of hydrogen-bond acceptors (Lipinski definition) is 6. The minimum absolute atomic E-state index is 0.238. The lowest BCUT2D eigenvalue weighted by molar-refractivity contribution is -0.134. The number of rotatable bonds is 6. The van der Waals surface area contributed by atoms with Crippen LogP contribution in [0.4, 0.5) is 5.69 Å². The molecule has 1 aliphatic heterocycles. The highest BCUT2D eigenvalue weighted by Gasteiger charge is 2.29. The highest BCUT2D eigenvalue weighted by Crippen LogP contribution is 2.28. The molecule has 2 amide bonds. The van der Waals surface area contributed by atoms with Gasteiger partial charge in [-0.25, -0.2) is 4.98 Å². The van der Waals surface area contributed by atoms with E-state index in [1.165, 1.54) is 12.5 Å². The topological polar surface area (TPSA) is 111 Å². The van der Waals surface area contributed by atoms with Crippen molar-refractivity contribution in [2.45, 2.75) is 6.04 Å². The van der Waals surface area contributed by atoms with E-state index in [-0.39, 0.29) is 11.6 Å². The third-order valence-electron chi connectivity index (χ3n) is 4.55. The lowest BCUT2D eigenvalue weighted by Gasteiger charge is -2.37. The number of carbonyl (C=O) groups excluding carboxylic acids is 2. The third-order valence-corrected chi connectivity index (χ3v) is 4.55. The molecule has 0 radical (unpaired) electrons. The number of hydrogen-bond donors (Lipinski definition) is 3. The first kappa shape index (κ1) is 18.7. The molecular weight excluding hydrogens is 350 g/mol. The summed E-state index contributed by atoms with van der Waals surface area (Å²) in [4.78, 5) is 35.0. The van der Waals surface area contributed by atoms with Crippen molar-refractivity contribution >= 4 is 17.5 Å². The third kappa shape index (κ3) is 4.20. The molecule has 1 aliphatic rings. The van der Waals surface area contributed by atoms with E-state index in [2.05, 4.69) is 20.2 Å². The fraction of sp³-hybridized carbons (Fsp3) is 0.389. The maximum Gasteiger partial charge on any atom is 0.270 e. The molecule has 9 nitrogen and oxygen atoms in total.